The first-order valence-corrected chi connectivity index (χ1v) is 9.30. The Hall–Kier alpha value is -3.35. The third-order valence-corrected chi connectivity index (χ3v) is 4.07. The highest BCUT2D eigenvalue weighted by Crippen LogP contribution is 2.21. The second kappa shape index (κ2) is 10.1. The zero-order valence-electron chi connectivity index (χ0n) is 15.9. The molecule has 0 spiro atoms. The number of anilines is 1. The fourth-order valence-electron chi connectivity index (χ4n) is 2.75. The van der Waals surface area contributed by atoms with Crippen molar-refractivity contribution in [1.82, 2.24) is 14.8 Å². The molecule has 0 unspecified atom stereocenters. The fraction of sp³-hybridized carbons (Fsp3) is 0.286. The Balaban J connectivity index is 1.48. The van der Waals surface area contributed by atoms with E-state index in [4.69, 9.17) is 9.47 Å². The van der Waals surface area contributed by atoms with Gasteiger partial charge in [0, 0.05) is 18.2 Å². The monoisotopic (exact) mass is 380 g/mol. The summed E-state index contributed by atoms with van der Waals surface area (Å²) in [6.45, 7) is 3.63. The van der Waals surface area contributed by atoms with Crippen molar-refractivity contribution >= 4 is 11.6 Å². The van der Waals surface area contributed by atoms with Gasteiger partial charge in [-0.2, -0.15) is 5.10 Å². The first-order chi connectivity index (χ1) is 13.7. The van der Waals surface area contributed by atoms with Crippen LogP contribution >= 0.6 is 0 Å². The average Bonchev–Trinajstić information content (AvgIpc) is 3.21. The van der Waals surface area contributed by atoms with E-state index in [1.54, 1.807) is 11.0 Å². The molecule has 0 bridgehead atoms. The van der Waals surface area contributed by atoms with Crippen molar-refractivity contribution in [2.75, 3.05) is 18.5 Å². The van der Waals surface area contributed by atoms with Gasteiger partial charge in [0.15, 0.2) is 0 Å². The van der Waals surface area contributed by atoms with E-state index in [2.05, 4.69) is 15.4 Å². The second-order valence-electron chi connectivity index (χ2n) is 6.12. The third-order valence-electron chi connectivity index (χ3n) is 4.07. The van der Waals surface area contributed by atoms with E-state index in [0.29, 0.717) is 44.0 Å². The Morgan fingerprint density at radius 3 is 2.86 bits per heavy atom. The highest BCUT2D eigenvalue weighted by Gasteiger charge is 2.08. The Kier molecular flexibility index (Phi) is 7.01. The maximum absolute atomic E-state index is 12.3. The number of ether oxygens (including phenoxy) is 2. The van der Waals surface area contributed by atoms with Gasteiger partial charge in [-0.05, 0) is 37.1 Å². The molecule has 0 atom stereocenters. The van der Waals surface area contributed by atoms with Crippen molar-refractivity contribution in [3.63, 3.8) is 0 Å². The Morgan fingerprint density at radius 2 is 2.04 bits per heavy atom. The van der Waals surface area contributed by atoms with E-state index in [-0.39, 0.29) is 5.91 Å². The molecular weight excluding hydrogens is 356 g/mol. The standard InChI is InChI=1S/C21H24N4O3/c1-2-27-20-9-4-3-6-17(20)10-11-21(26)24-18-7-5-8-19(14-18)28-13-12-25-16-22-15-23-25/h3-9,14-16H,2,10-13H2,1H3,(H,24,26). The molecule has 0 aliphatic rings. The lowest BCUT2D eigenvalue weighted by Gasteiger charge is -2.11. The van der Waals surface area contributed by atoms with Crippen LogP contribution in [0.15, 0.2) is 61.2 Å². The summed E-state index contributed by atoms with van der Waals surface area (Å²) in [5.41, 5.74) is 1.74. The summed E-state index contributed by atoms with van der Waals surface area (Å²) < 4.78 is 13.0. The summed E-state index contributed by atoms with van der Waals surface area (Å²) >= 11 is 0. The van der Waals surface area contributed by atoms with Gasteiger partial charge in [0.05, 0.1) is 13.2 Å². The van der Waals surface area contributed by atoms with Gasteiger partial charge in [-0.25, -0.2) is 9.67 Å². The first kappa shape index (κ1) is 19.4. The quantitative estimate of drug-likeness (QED) is 0.584. The smallest absolute Gasteiger partial charge is 0.224 e. The van der Waals surface area contributed by atoms with E-state index in [1.165, 1.54) is 6.33 Å². The Bertz CT molecular complexity index is 881. The molecule has 3 aromatic rings. The van der Waals surface area contributed by atoms with Gasteiger partial charge >= 0.3 is 0 Å². The average molecular weight is 380 g/mol. The highest BCUT2D eigenvalue weighted by molar-refractivity contribution is 5.91. The van der Waals surface area contributed by atoms with E-state index >= 15 is 0 Å². The second-order valence-corrected chi connectivity index (χ2v) is 6.12. The van der Waals surface area contributed by atoms with Crippen LogP contribution < -0.4 is 14.8 Å². The van der Waals surface area contributed by atoms with Gasteiger partial charge < -0.3 is 14.8 Å². The van der Waals surface area contributed by atoms with E-state index in [1.807, 2.05) is 55.5 Å². The van der Waals surface area contributed by atoms with Crippen molar-refractivity contribution in [3.05, 3.63) is 66.7 Å². The topological polar surface area (TPSA) is 78.3 Å². The Morgan fingerprint density at radius 1 is 1.14 bits per heavy atom. The predicted octanol–water partition coefficient (Wildman–Crippen LogP) is 3.33. The molecule has 0 aliphatic heterocycles. The molecule has 0 aliphatic carbocycles. The van der Waals surface area contributed by atoms with Crippen LogP contribution in [0.4, 0.5) is 5.69 Å². The molecule has 1 amide bonds. The number of hydrogen-bond donors (Lipinski definition) is 1. The maximum atomic E-state index is 12.3. The van der Waals surface area contributed by atoms with Crippen molar-refractivity contribution in [2.45, 2.75) is 26.3 Å². The van der Waals surface area contributed by atoms with Gasteiger partial charge in [-0.15, -0.1) is 0 Å². The third kappa shape index (κ3) is 5.84. The van der Waals surface area contributed by atoms with Crippen molar-refractivity contribution in [1.29, 1.82) is 0 Å². The molecular formula is C21H24N4O3. The summed E-state index contributed by atoms with van der Waals surface area (Å²) in [4.78, 5) is 16.2. The van der Waals surface area contributed by atoms with E-state index in [9.17, 15) is 4.79 Å². The molecule has 0 radical (unpaired) electrons. The van der Waals surface area contributed by atoms with Gasteiger partial charge in [-0.3, -0.25) is 4.79 Å². The van der Waals surface area contributed by atoms with Crippen molar-refractivity contribution < 1.29 is 14.3 Å². The number of rotatable bonds is 10. The molecule has 7 nitrogen and oxygen atoms in total. The number of aryl methyl sites for hydroxylation is 1. The lowest BCUT2D eigenvalue weighted by molar-refractivity contribution is -0.116. The molecule has 1 aromatic heterocycles. The van der Waals surface area contributed by atoms with Crippen LogP contribution in [-0.4, -0.2) is 33.9 Å². The molecule has 1 heterocycles. The largest absolute Gasteiger partial charge is 0.494 e. The molecule has 1 N–H and O–H groups in total. The maximum Gasteiger partial charge on any atom is 0.224 e. The van der Waals surface area contributed by atoms with Gasteiger partial charge in [0.1, 0.15) is 30.8 Å². The molecule has 7 heteroatoms. The number of nitrogens with one attached hydrogen (secondary N) is 1. The number of hydrogen-bond acceptors (Lipinski definition) is 5. The molecule has 0 saturated carbocycles. The molecule has 2 aromatic carbocycles. The molecule has 0 fully saturated rings. The number of nitrogens with zero attached hydrogens (tertiary/aromatic N) is 3. The van der Waals surface area contributed by atoms with Crippen LogP contribution in [0.5, 0.6) is 11.5 Å². The zero-order valence-corrected chi connectivity index (χ0v) is 15.9. The number of para-hydroxylation sites is 1. The van der Waals surface area contributed by atoms with Crippen LogP contribution in [-0.2, 0) is 17.8 Å². The lowest BCUT2D eigenvalue weighted by Crippen LogP contribution is -2.13. The van der Waals surface area contributed by atoms with Crippen LogP contribution in [0.25, 0.3) is 0 Å². The molecule has 28 heavy (non-hydrogen) atoms. The summed E-state index contributed by atoms with van der Waals surface area (Å²) in [5, 5.41) is 6.95. The van der Waals surface area contributed by atoms with E-state index < -0.39 is 0 Å². The number of carbonyl (C=O) groups is 1. The van der Waals surface area contributed by atoms with E-state index in [0.717, 1.165) is 11.3 Å². The lowest BCUT2D eigenvalue weighted by atomic mass is 10.1. The normalized spacial score (nSPS) is 10.5. The minimum absolute atomic E-state index is 0.0499. The SMILES string of the molecule is CCOc1ccccc1CCC(=O)Nc1cccc(OCCn2cncn2)c1. The minimum Gasteiger partial charge on any atom is -0.494 e. The number of aromatic nitrogens is 3. The highest BCUT2D eigenvalue weighted by atomic mass is 16.5. The number of carbonyl (C=O) groups excluding carboxylic acids is 1. The van der Waals surface area contributed by atoms with Crippen molar-refractivity contribution in [3.8, 4) is 11.5 Å². The van der Waals surface area contributed by atoms with Crippen LogP contribution in [0.1, 0.15) is 18.9 Å². The fourth-order valence-corrected chi connectivity index (χ4v) is 2.75. The van der Waals surface area contributed by atoms with Gasteiger partial charge in [0.2, 0.25) is 5.91 Å². The summed E-state index contributed by atoms with van der Waals surface area (Å²) in [6, 6.07) is 15.2. The Labute approximate surface area is 164 Å². The van der Waals surface area contributed by atoms with Crippen LogP contribution in [0.2, 0.25) is 0 Å². The molecule has 0 saturated heterocycles. The first-order valence-electron chi connectivity index (χ1n) is 9.30. The van der Waals surface area contributed by atoms with Crippen LogP contribution in [0.3, 0.4) is 0 Å². The summed E-state index contributed by atoms with van der Waals surface area (Å²) in [5.74, 6) is 1.48. The number of benzene rings is 2. The van der Waals surface area contributed by atoms with Crippen molar-refractivity contribution in [2.24, 2.45) is 0 Å². The molecule has 3 rings (SSSR count). The summed E-state index contributed by atoms with van der Waals surface area (Å²) in [7, 11) is 0. The van der Waals surface area contributed by atoms with Gasteiger partial charge in [-0.1, -0.05) is 24.3 Å². The summed E-state index contributed by atoms with van der Waals surface area (Å²) in [6.07, 6.45) is 4.13. The molecule has 146 valence electrons. The minimum atomic E-state index is -0.0499. The predicted molar refractivity (Wildman–Crippen MR) is 107 cm³/mol. The zero-order chi connectivity index (χ0) is 19.6. The van der Waals surface area contributed by atoms with Crippen LogP contribution in [0, 0.1) is 0 Å². The number of amides is 1. The van der Waals surface area contributed by atoms with Gasteiger partial charge in [0.25, 0.3) is 0 Å².